The van der Waals surface area contributed by atoms with E-state index in [0.717, 1.165) is 44.9 Å². The van der Waals surface area contributed by atoms with Gasteiger partial charge in [-0.3, -0.25) is 18.6 Å². The second-order valence-electron chi connectivity index (χ2n) is 13.9. The van der Waals surface area contributed by atoms with Crippen molar-refractivity contribution in [1.29, 1.82) is 0 Å². The summed E-state index contributed by atoms with van der Waals surface area (Å²) < 4.78 is 38.5. The zero-order chi connectivity index (χ0) is 38.0. The number of rotatable bonds is 37. The zero-order valence-corrected chi connectivity index (χ0v) is 33.6. The molecule has 1 aliphatic heterocycles. The zero-order valence-electron chi connectivity index (χ0n) is 32.7. The van der Waals surface area contributed by atoms with E-state index < -0.39 is 32.5 Å². The fraction of sp³-hybridized carbons (Fsp3) is 0.805. The van der Waals surface area contributed by atoms with E-state index in [0.29, 0.717) is 12.8 Å². The molecule has 0 radical (unpaired) electrons. The number of allylic oxidation sites excluding steroid dienone is 5. The number of epoxide rings is 1. The Kier molecular flexibility index (Phi) is 31.3. The molecule has 11 heteroatoms. The number of unbranched alkanes of at least 4 members (excludes halogenated alkanes) is 15. The van der Waals surface area contributed by atoms with Gasteiger partial charge in [-0.2, -0.15) is 0 Å². The number of nitrogens with two attached hydrogens (primary N) is 1. The second kappa shape index (κ2) is 33.7. The summed E-state index contributed by atoms with van der Waals surface area (Å²) >= 11 is 0. The van der Waals surface area contributed by atoms with Crippen LogP contribution in [-0.4, -0.2) is 61.5 Å². The van der Waals surface area contributed by atoms with Crippen LogP contribution in [0.5, 0.6) is 0 Å². The third kappa shape index (κ3) is 30.6. The normalized spacial score (nSPS) is 17.6. The van der Waals surface area contributed by atoms with Gasteiger partial charge in [-0.1, -0.05) is 140 Å². The van der Waals surface area contributed by atoms with E-state index in [1.54, 1.807) is 0 Å². The van der Waals surface area contributed by atoms with E-state index in [9.17, 15) is 19.0 Å². The Morgan fingerprint density at radius 3 is 1.88 bits per heavy atom. The lowest BCUT2D eigenvalue weighted by Crippen LogP contribution is -2.29. The molecule has 0 aromatic rings. The van der Waals surface area contributed by atoms with Gasteiger partial charge in [0.2, 0.25) is 0 Å². The van der Waals surface area contributed by atoms with Crippen molar-refractivity contribution >= 4 is 19.8 Å². The molecule has 0 saturated carbocycles. The number of carbonyl (C=O) groups excluding carboxylic acids is 2. The molecule has 1 saturated heterocycles. The largest absolute Gasteiger partial charge is 0.472 e. The molecule has 52 heavy (non-hydrogen) atoms. The van der Waals surface area contributed by atoms with E-state index >= 15 is 0 Å². The van der Waals surface area contributed by atoms with Crippen molar-refractivity contribution in [2.45, 2.75) is 186 Å². The minimum absolute atomic E-state index is 0.0432. The maximum atomic E-state index is 12.6. The lowest BCUT2D eigenvalue weighted by atomic mass is 10.0. The molecule has 302 valence electrons. The van der Waals surface area contributed by atoms with Crippen LogP contribution in [0, 0.1) is 0 Å². The van der Waals surface area contributed by atoms with E-state index in [1.807, 2.05) is 0 Å². The summed E-state index contributed by atoms with van der Waals surface area (Å²) in [5.74, 6) is -0.903. The van der Waals surface area contributed by atoms with Crippen molar-refractivity contribution < 1.29 is 42.3 Å². The van der Waals surface area contributed by atoms with Crippen LogP contribution >= 0.6 is 7.82 Å². The molecule has 0 spiro atoms. The highest BCUT2D eigenvalue weighted by Gasteiger charge is 2.36. The van der Waals surface area contributed by atoms with Gasteiger partial charge in [0.25, 0.3) is 0 Å². The Morgan fingerprint density at radius 1 is 0.692 bits per heavy atom. The summed E-state index contributed by atoms with van der Waals surface area (Å²) in [4.78, 5) is 34.9. The van der Waals surface area contributed by atoms with Crippen molar-refractivity contribution in [2.24, 2.45) is 5.73 Å². The summed E-state index contributed by atoms with van der Waals surface area (Å²) in [5, 5.41) is 0. The van der Waals surface area contributed by atoms with Gasteiger partial charge in [0.1, 0.15) is 6.61 Å². The highest BCUT2D eigenvalue weighted by atomic mass is 31.2. The molecule has 10 nitrogen and oxygen atoms in total. The average molecular weight is 756 g/mol. The molecule has 1 aliphatic rings. The van der Waals surface area contributed by atoms with Crippen molar-refractivity contribution in [1.82, 2.24) is 0 Å². The van der Waals surface area contributed by atoms with Gasteiger partial charge in [-0.05, 0) is 51.4 Å². The first-order valence-electron chi connectivity index (χ1n) is 20.6. The number of phosphoric ester groups is 1. The Bertz CT molecular complexity index is 1020. The Morgan fingerprint density at radius 2 is 1.25 bits per heavy atom. The predicted octanol–water partition coefficient (Wildman–Crippen LogP) is 10.4. The van der Waals surface area contributed by atoms with Crippen LogP contribution < -0.4 is 5.73 Å². The molecule has 1 rings (SSSR count). The van der Waals surface area contributed by atoms with Crippen molar-refractivity contribution in [3.8, 4) is 0 Å². The standard InChI is InChI=1S/C41H74NO9P/c1-3-5-7-9-11-13-15-17-19-21-23-25-27-31-41(44)50-37(36-49-52(45,46)48-34-33-42)35-47-40(43)32-28-30-39-38(51-39)29-26-24-22-20-18-16-14-12-10-8-6-4-2/h12,14,18,20,24,26,37-39H,3-11,13,15-17,19,21-23,25,27-36,42H2,1-2H3,(H,45,46)/b14-12-,20-18-,26-24-/t37-,38?,39?/m1/s1. The molecule has 0 aromatic heterocycles. The number of phosphoric acid groups is 1. The predicted molar refractivity (Wildman–Crippen MR) is 210 cm³/mol. The summed E-state index contributed by atoms with van der Waals surface area (Å²) in [5.41, 5.74) is 5.34. The minimum atomic E-state index is -4.39. The summed E-state index contributed by atoms with van der Waals surface area (Å²) in [7, 11) is -4.39. The molecule has 1 heterocycles. The first-order chi connectivity index (χ1) is 25.3. The fourth-order valence-corrected chi connectivity index (χ4v) is 6.54. The van der Waals surface area contributed by atoms with Crippen LogP contribution in [0.2, 0.25) is 0 Å². The highest BCUT2D eigenvalue weighted by Crippen LogP contribution is 2.43. The molecular formula is C41H74NO9P. The van der Waals surface area contributed by atoms with E-state index in [1.165, 1.54) is 83.5 Å². The number of ether oxygens (including phenoxy) is 3. The Hall–Kier alpha value is -1.81. The van der Waals surface area contributed by atoms with Gasteiger partial charge in [0, 0.05) is 19.4 Å². The molecule has 0 bridgehead atoms. The average Bonchev–Trinajstić information content (AvgIpc) is 3.88. The molecule has 3 N–H and O–H groups in total. The monoisotopic (exact) mass is 756 g/mol. The third-order valence-corrected chi connectivity index (χ3v) is 9.94. The molecule has 0 aliphatic carbocycles. The van der Waals surface area contributed by atoms with Crippen molar-refractivity contribution in [3.63, 3.8) is 0 Å². The SMILES string of the molecule is CCCCC/C=C\C/C=C\C/C=C\CC1OC1CCCC(=O)OC[C@H](COP(=O)(O)OCCN)OC(=O)CCCCCCCCCCCCCCC. The van der Waals surface area contributed by atoms with Crippen LogP contribution in [0.3, 0.4) is 0 Å². The van der Waals surface area contributed by atoms with Crippen LogP contribution in [-0.2, 0) is 37.4 Å². The van der Waals surface area contributed by atoms with Crippen molar-refractivity contribution in [3.05, 3.63) is 36.5 Å². The van der Waals surface area contributed by atoms with Crippen molar-refractivity contribution in [2.75, 3.05) is 26.4 Å². The van der Waals surface area contributed by atoms with Gasteiger partial charge >= 0.3 is 19.8 Å². The number of carbonyl (C=O) groups is 2. The topological polar surface area (TPSA) is 147 Å². The molecular weight excluding hydrogens is 681 g/mol. The van der Waals surface area contributed by atoms with Gasteiger partial charge in [0.15, 0.2) is 6.10 Å². The maximum Gasteiger partial charge on any atom is 0.472 e. The Labute approximate surface area is 316 Å². The van der Waals surface area contributed by atoms with Crippen LogP contribution in [0.15, 0.2) is 36.5 Å². The lowest BCUT2D eigenvalue weighted by Gasteiger charge is -2.19. The summed E-state index contributed by atoms with van der Waals surface area (Å²) in [6.45, 7) is 3.61. The second-order valence-corrected chi connectivity index (χ2v) is 15.3. The number of hydrogen-bond donors (Lipinski definition) is 2. The van der Waals surface area contributed by atoms with Gasteiger partial charge in [0.05, 0.1) is 25.4 Å². The fourth-order valence-electron chi connectivity index (χ4n) is 5.78. The number of hydrogen-bond acceptors (Lipinski definition) is 9. The third-order valence-electron chi connectivity index (χ3n) is 8.95. The van der Waals surface area contributed by atoms with Crippen LogP contribution in [0.25, 0.3) is 0 Å². The van der Waals surface area contributed by atoms with E-state index in [-0.39, 0.29) is 44.8 Å². The first-order valence-corrected chi connectivity index (χ1v) is 22.1. The van der Waals surface area contributed by atoms with E-state index in [2.05, 4.69) is 50.3 Å². The molecule has 4 atom stereocenters. The molecule has 1 fully saturated rings. The maximum absolute atomic E-state index is 12.6. The molecule has 0 aromatic carbocycles. The smallest absolute Gasteiger partial charge is 0.462 e. The van der Waals surface area contributed by atoms with Gasteiger partial charge in [-0.25, -0.2) is 4.57 Å². The van der Waals surface area contributed by atoms with E-state index in [4.69, 9.17) is 29.0 Å². The number of esters is 2. The van der Waals surface area contributed by atoms with Gasteiger partial charge < -0.3 is 24.8 Å². The molecule has 0 amide bonds. The highest BCUT2D eigenvalue weighted by molar-refractivity contribution is 7.47. The molecule has 3 unspecified atom stereocenters. The lowest BCUT2D eigenvalue weighted by molar-refractivity contribution is -0.161. The first kappa shape index (κ1) is 48.2. The van der Waals surface area contributed by atoms with Gasteiger partial charge in [-0.15, -0.1) is 0 Å². The van der Waals surface area contributed by atoms with Crippen LogP contribution in [0.4, 0.5) is 0 Å². The quantitative estimate of drug-likeness (QED) is 0.0206. The summed E-state index contributed by atoms with van der Waals surface area (Å²) in [6, 6.07) is 0. The summed E-state index contributed by atoms with van der Waals surface area (Å²) in [6.07, 6.45) is 37.6. The van der Waals surface area contributed by atoms with Crippen LogP contribution in [0.1, 0.15) is 168 Å². The minimum Gasteiger partial charge on any atom is -0.462 e. The Balaban J connectivity index is 2.25.